The van der Waals surface area contributed by atoms with Crippen LogP contribution >= 0.6 is 24.0 Å². The van der Waals surface area contributed by atoms with Gasteiger partial charge < -0.3 is 20.9 Å². The van der Waals surface area contributed by atoms with Gasteiger partial charge in [0.15, 0.2) is 0 Å². The first-order chi connectivity index (χ1) is 7.88. The number of hydrogen-bond donors (Lipinski definition) is 2. The summed E-state index contributed by atoms with van der Waals surface area (Å²) in [5, 5.41) is 0. The lowest BCUT2D eigenvalue weighted by atomic mass is 10.2. The van der Waals surface area contributed by atoms with Crippen molar-refractivity contribution in [3.63, 3.8) is 0 Å². The summed E-state index contributed by atoms with van der Waals surface area (Å²) in [5.41, 5.74) is 10.3. The van der Waals surface area contributed by atoms with Crippen molar-refractivity contribution < 1.29 is 19.1 Å². The van der Waals surface area contributed by atoms with Gasteiger partial charge in [-0.25, -0.2) is 0 Å². The van der Waals surface area contributed by atoms with Gasteiger partial charge in [0.2, 0.25) is 0 Å². The summed E-state index contributed by atoms with van der Waals surface area (Å²) in [4.78, 5) is 21.3. The molecule has 0 aliphatic heterocycles. The van der Waals surface area contributed by atoms with E-state index in [1.54, 1.807) is 0 Å². The van der Waals surface area contributed by atoms with E-state index >= 15 is 0 Å². The van der Waals surface area contributed by atoms with Crippen LogP contribution in [0.4, 0.5) is 0 Å². The summed E-state index contributed by atoms with van der Waals surface area (Å²) < 4.78 is 9.23. The highest BCUT2D eigenvalue weighted by molar-refractivity contribution is 8.22. The van der Waals surface area contributed by atoms with Crippen LogP contribution in [0.25, 0.3) is 0 Å². The lowest BCUT2D eigenvalue weighted by Gasteiger charge is -2.07. The van der Waals surface area contributed by atoms with Crippen molar-refractivity contribution in [3.8, 4) is 0 Å². The van der Waals surface area contributed by atoms with E-state index in [9.17, 15) is 9.59 Å². The Morgan fingerprint density at radius 2 is 1.82 bits per heavy atom. The second-order valence-corrected chi connectivity index (χ2v) is 4.31. The minimum atomic E-state index is -0.742. The van der Waals surface area contributed by atoms with Crippen molar-refractivity contribution in [1.82, 2.24) is 0 Å². The normalized spacial score (nSPS) is 10.6. The Balaban J connectivity index is 0. The van der Waals surface area contributed by atoms with Crippen molar-refractivity contribution >= 4 is 40.2 Å². The quantitative estimate of drug-likeness (QED) is 0.550. The molecule has 6 nitrogen and oxygen atoms in total. The molecule has 100 valence electrons. The van der Waals surface area contributed by atoms with Gasteiger partial charge in [-0.05, 0) is 12.7 Å². The average molecular weight is 282 g/mol. The maximum Gasteiger partial charge on any atom is 0.322 e. The number of nitrogens with two attached hydrogens (primary N) is 2. The molecule has 8 heteroatoms. The first-order valence-corrected chi connectivity index (χ1v) is 6.25. The molecule has 0 aliphatic carbocycles. The van der Waals surface area contributed by atoms with Crippen molar-refractivity contribution in [3.05, 3.63) is 0 Å². The second-order valence-electron chi connectivity index (χ2n) is 2.77. The van der Waals surface area contributed by atoms with Crippen LogP contribution < -0.4 is 11.5 Å². The SMILES string of the molecule is COC(=O)CCC(N)C(=O)OC.CSC(N)=S. The van der Waals surface area contributed by atoms with E-state index in [4.69, 9.17) is 11.5 Å². The van der Waals surface area contributed by atoms with E-state index < -0.39 is 12.0 Å². The smallest absolute Gasteiger partial charge is 0.322 e. The molecule has 1 atom stereocenters. The summed E-state index contributed by atoms with van der Waals surface area (Å²) in [7, 11) is 2.53. The summed E-state index contributed by atoms with van der Waals surface area (Å²) in [5.74, 6) is -0.895. The lowest BCUT2D eigenvalue weighted by molar-refractivity contribution is -0.143. The Morgan fingerprint density at radius 3 is 2.12 bits per heavy atom. The van der Waals surface area contributed by atoms with Crippen LogP contribution in [0.2, 0.25) is 0 Å². The number of ether oxygens (including phenoxy) is 2. The van der Waals surface area contributed by atoms with Crippen LogP contribution in [0.5, 0.6) is 0 Å². The molecule has 1 unspecified atom stereocenters. The van der Waals surface area contributed by atoms with Gasteiger partial charge in [0.05, 0.1) is 14.2 Å². The van der Waals surface area contributed by atoms with Gasteiger partial charge in [0.1, 0.15) is 10.4 Å². The van der Waals surface area contributed by atoms with Gasteiger partial charge in [0, 0.05) is 6.42 Å². The molecule has 0 aliphatic rings. The molecule has 0 saturated heterocycles. The molecule has 0 spiro atoms. The largest absolute Gasteiger partial charge is 0.469 e. The predicted octanol–water partition coefficient (Wildman–Crippen LogP) is 0.0329. The number of thiocarbonyl (C=S) groups is 1. The minimum Gasteiger partial charge on any atom is -0.469 e. The van der Waals surface area contributed by atoms with E-state index in [1.807, 2.05) is 6.26 Å². The molecule has 0 aromatic heterocycles. The third-order valence-corrected chi connectivity index (χ3v) is 2.49. The molecule has 0 aromatic carbocycles. The van der Waals surface area contributed by atoms with Gasteiger partial charge >= 0.3 is 11.9 Å². The Bertz CT molecular complexity index is 261. The summed E-state index contributed by atoms with van der Waals surface area (Å²) in [6.07, 6.45) is 2.23. The number of esters is 2. The zero-order chi connectivity index (χ0) is 13.8. The highest BCUT2D eigenvalue weighted by atomic mass is 32.2. The van der Waals surface area contributed by atoms with Gasteiger partial charge in [-0.3, -0.25) is 9.59 Å². The minimum absolute atomic E-state index is 0.132. The first-order valence-electron chi connectivity index (χ1n) is 4.62. The van der Waals surface area contributed by atoms with Crippen molar-refractivity contribution in [2.24, 2.45) is 11.5 Å². The third kappa shape index (κ3) is 13.1. The van der Waals surface area contributed by atoms with E-state index in [2.05, 4.69) is 21.7 Å². The van der Waals surface area contributed by atoms with Crippen LogP contribution in [-0.2, 0) is 19.1 Å². The first kappa shape index (κ1) is 18.5. The summed E-state index contributed by atoms with van der Waals surface area (Å²) in [6.45, 7) is 0. The van der Waals surface area contributed by atoms with Crippen LogP contribution in [0.15, 0.2) is 0 Å². The fourth-order valence-electron chi connectivity index (χ4n) is 0.645. The van der Waals surface area contributed by atoms with E-state index in [1.165, 1.54) is 26.0 Å². The van der Waals surface area contributed by atoms with Crippen LogP contribution in [0.3, 0.4) is 0 Å². The molecular weight excluding hydrogens is 264 g/mol. The molecule has 0 heterocycles. The van der Waals surface area contributed by atoms with E-state index in [-0.39, 0.29) is 18.8 Å². The second kappa shape index (κ2) is 11.6. The third-order valence-electron chi connectivity index (χ3n) is 1.59. The number of methoxy groups -OCH3 is 2. The van der Waals surface area contributed by atoms with Crippen molar-refractivity contribution in [2.45, 2.75) is 18.9 Å². The fraction of sp³-hybridized carbons (Fsp3) is 0.667. The standard InChI is InChI=1S/C7H13NO4.C2H5NS2/c1-11-6(9)4-3-5(8)7(10)12-2;1-5-2(3)4/h5H,3-4,8H2,1-2H3;1H3,(H2,3,4). The molecule has 0 aromatic rings. The Labute approximate surface area is 110 Å². The van der Waals surface area contributed by atoms with Crippen LogP contribution in [0, 0.1) is 0 Å². The molecule has 17 heavy (non-hydrogen) atoms. The van der Waals surface area contributed by atoms with Crippen LogP contribution in [0.1, 0.15) is 12.8 Å². The van der Waals surface area contributed by atoms with E-state index in [0.717, 1.165) is 0 Å². The summed E-state index contributed by atoms with van der Waals surface area (Å²) in [6, 6.07) is -0.742. The number of carbonyl (C=O) groups excluding carboxylic acids is 2. The van der Waals surface area contributed by atoms with Crippen molar-refractivity contribution in [2.75, 3.05) is 20.5 Å². The highest BCUT2D eigenvalue weighted by Gasteiger charge is 2.14. The Kier molecular flexibility index (Phi) is 12.6. The fourth-order valence-corrected chi connectivity index (χ4v) is 0.645. The molecule has 0 fully saturated rings. The zero-order valence-electron chi connectivity index (χ0n) is 10.1. The average Bonchev–Trinajstić information content (AvgIpc) is 2.34. The molecule has 0 radical (unpaired) electrons. The topological polar surface area (TPSA) is 105 Å². The lowest BCUT2D eigenvalue weighted by Crippen LogP contribution is -2.32. The Hall–Kier alpha value is -0.860. The maximum atomic E-state index is 10.7. The monoisotopic (exact) mass is 282 g/mol. The maximum absolute atomic E-state index is 10.7. The van der Waals surface area contributed by atoms with Gasteiger partial charge in [-0.2, -0.15) is 0 Å². The number of hydrogen-bond acceptors (Lipinski definition) is 7. The predicted molar refractivity (Wildman–Crippen MR) is 71.5 cm³/mol. The zero-order valence-corrected chi connectivity index (χ0v) is 11.7. The molecule has 0 bridgehead atoms. The number of carbonyl (C=O) groups is 2. The highest BCUT2D eigenvalue weighted by Crippen LogP contribution is 1.97. The van der Waals surface area contributed by atoms with Crippen molar-refractivity contribution in [1.29, 1.82) is 0 Å². The molecule has 0 rings (SSSR count). The Morgan fingerprint density at radius 1 is 1.35 bits per heavy atom. The molecule has 0 amide bonds. The van der Waals surface area contributed by atoms with Gasteiger partial charge in [-0.15, -0.1) is 11.8 Å². The van der Waals surface area contributed by atoms with Gasteiger partial charge in [-0.1, -0.05) is 12.2 Å². The summed E-state index contributed by atoms with van der Waals surface area (Å²) >= 11 is 5.83. The van der Waals surface area contributed by atoms with Gasteiger partial charge in [0.25, 0.3) is 0 Å². The molecule has 4 N–H and O–H groups in total. The molecular formula is C9H18N2O4S2. The van der Waals surface area contributed by atoms with Crippen LogP contribution in [-0.4, -0.2) is 42.8 Å². The number of rotatable bonds is 4. The molecule has 0 saturated carbocycles. The number of thioether (sulfide) groups is 1. The van der Waals surface area contributed by atoms with E-state index in [0.29, 0.717) is 4.32 Å².